The molecule has 1 fully saturated rings. The highest BCUT2D eigenvalue weighted by molar-refractivity contribution is 7.99. The van der Waals surface area contributed by atoms with Crippen LogP contribution in [-0.2, 0) is 6.18 Å². The minimum absolute atomic E-state index is 0.200. The summed E-state index contributed by atoms with van der Waals surface area (Å²) in [4.78, 5) is 5.15. The molecule has 1 N–H and O–H groups in total. The maximum Gasteiger partial charge on any atom is 0.433 e. The van der Waals surface area contributed by atoms with Crippen LogP contribution < -0.4 is 4.90 Å². The highest BCUT2D eigenvalue weighted by Gasteiger charge is 2.34. The average molecular weight is 330 g/mol. The van der Waals surface area contributed by atoms with Gasteiger partial charge in [0.05, 0.1) is 25.2 Å². The number of quaternary nitrogens is 1. The number of nitrogens with zero attached hydrogens (tertiary/aromatic N) is 2. The van der Waals surface area contributed by atoms with E-state index in [9.17, 15) is 13.2 Å². The van der Waals surface area contributed by atoms with Crippen LogP contribution in [0, 0.1) is 18.3 Å². The van der Waals surface area contributed by atoms with Crippen LogP contribution in [0.15, 0.2) is 11.1 Å². The lowest BCUT2D eigenvalue weighted by Crippen LogP contribution is -3.13. The van der Waals surface area contributed by atoms with E-state index < -0.39 is 11.9 Å². The van der Waals surface area contributed by atoms with E-state index in [1.54, 1.807) is 0 Å². The standard InChI is InChI=1S/C15H18F3N3S/c1-11-9-13(15(16,17)18)20-14(12(11)10-19)22-8-7-21-5-3-2-4-6-21/h9H,2-8H2,1H3/p+1. The van der Waals surface area contributed by atoms with Crippen molar-refractivity contribution in [1.29, 1.82) is 5.26 Å². The maximum atomic E-state index is 12.8. The third-order valence-electron chi connectivity index (χ3n) is 3.84. The Kier molecular flexibility index (Phi) is 5.70. The second-order valence-electron chi connectivity index (χ2n) is 5.52. The van der Waals surface area contributed by atoms with E-state index in [0.717, 1.165) is 25.7 Å². The number of alkyl halides is 3. The Balaban J connectivity index is 2.08. The molecule has 1 aliphatic rings. The van der Waals surface area contributed by atoms with Gasteiger partial charge < -0.3 is 4.90 Å². The molecular weight excluding hydrogens is 311 g/mol. The van der Waals surface area contributed by atoms with Crippen molar-refractivity contribution in [2.24, 2.45) is 0 Å². The third-order valence-corrected chi connectivity index (χ3v) is 4.82. The van der Waals surface area contributed by atoms with E-state index >= 15 is 0 Å². The number of thioether (sulfide) groups is 1. The van der Waals surface area contributed by atoms with Crippen LogP contribution >= 0.6 is 11.8 Å². The number of rotatable bonds is 4. The summed E-state index contributed by atoms with van der Waals surface area (Å²) >= 11 is 1.26. The van der Waals surface area contributed by atoms with E-state index in [-0.39, 0.29) is 10.6 Å². The summed E-state index contributed by atoms with van der Waals surface area (Å²) in [6, 6.07) is 2.92. The topological polar surface area (TPSA) is 41.1 Å². The molecule has 0 aromatic carbocycles. The number of aromatic nitrogens is 1. The normalized spacial score (nSPS) is 16.5. The lowest BCUT2D eigenvalue weighted by molar-refractivity contribution is -0.902. The van der Waals surface area contributed by atoms with Gasteiger partial charge >= 0.3 is 6.18 Å². The van der Waals surface area contributed by atoms with Gasteiger partial charge in [0, 0.05) is 5.75 Å². The number of hydrogen-bond acceptors (Lipinski definition) is 3. The molecule has 0 atom stereocenters. The second-order valence-corrected chi connectivity index (χ2v) is 6.61. The Hall–Kier alpha value is -1.26. The Morgan fingerprint density at radius 3 is 2.59 bits per heavy atom. The molecule has 0 spiro atoms. The SMILES string of the molecule is Cc1cc(C(F)(F)F)nc(SCC[NH+]2CCCCC2)c1C#N. The van der Waals surface area contributed by atoms with Crippen LogP contribution in [0.5, 0.6) is 0 Å². The van der Waals surface area contributed by atoms with Gasteiger partial charge in [-0.15, -0.1) is 0 Å². The number of nitriles is 1. The first-order chi connectivity index (χ1) is 10.4. The van der Waals surface area contributed by atoms with Crippen LogP contribution in [0.3, 0.4) is 0 Å². The molecule has 120 valence electrons. The quantitative estimate of drug-likeness (QED) is 0.862. The molecule has 1 saturated heterocycles. The van der Waals surface area contributed by atoms with Crippen molar-refractivity contribution >= 4 is 11.8 Å². The van der Waals surface area contributed by atoms with E-state index in [1.807, 2.05) is 6.07 Å². The zero-order valence-electron chi connectivity index (χ0n) is 12.5. The van der Waals surface area contributed by atoms with Crippen molar-refractivity contribution in [3.05, 3.63) is 22.9 Å². The zero-order valence-corrected chi connectivity index (χ0v) is 13.3. The van der Waals surface area contributed by atoms with Crippen molar-refractivity contribution in [2.75, 3.05) is 25.4 Å². The summed E-state index contributed by atoms with van der Waals surface area (Å²) in [6.07, 6.45) is -0.787. The number of halogens is 3. The molecule has 2 rings (SSSR count). The first-order valence-corrected chi connectivity index (χ1v) is 8.35. The van der Waals surface area contributed by atoms with Crippen LogP contribution in [0.1, 0.15) is 36.1 Å². The fourth-order valence-corrected chi connectivity index (χ4v) is 3.72. The fraction of sp³-hybridized carbons (Fsp3) is 0.600. The van der Waals surface area contributed by atoms with Gasteiger partial charge in [0.1, 0.15) is 16.8 Å². The summed E-state index contributed by atoms with van der Waals surface area (Å²) in [7, 11) is 0. The number of aryl methyl sites for hydroxylation is 1. The van der Waals surface area contributed by atoms with Gasteiger partial charge in [0.25, 0.3) is 0 Å². The van der Waals surface area contributed by atoms with Gasteiger partial charge in [-0.2, -0.15) is 18.4 Å². The van der Waals surface area contributed by atoms with Crippen molar-refractivity contribution in [3.63, 3.8) is 0 Å². The minimum Gasteiger partial charge on any atom is -0.334 e. The van der Waals surface area contributed by atoms with Gasteiger partial charge in [0.15, 0.2) is 0 Å². The van der Waals surface area contributed by atoms with Crippen molar-refractivity contribution in [3.8, 4) is 6.07 Å². The maximum absolute atomic E-state index is 12.8. The number of likely N-dealkylation sites (tertiary alicyclic amines) is 1. The molecule has 7 heteroatoms. The molecule has 0 saturated carbocycles. The molecule has 0 aliphatic carbocycles. The predicted octanol–water partition coefficient (Wildman–Crippen LogP) is 2.44. The van der Waals surface area contributed by atoms with Gasteiger partial charge in [-0.25, -0.2) is 4.98 Å². The Labute approximate surface area is 132 Å². The van der Waals surface area contributed by atoms with Gasteiger partial charge in [-0.1, -0.05) is 11.8 Å². The van der Waals surface area contributed by atoms with Crippen LogP contribution in [0.4, 0.5) is 13.2 Å². The number of pyridine rings is 1. The fourth-order valence-electron chi connectivity index (χ4n) is 2.62. The van der Waals surface area contributed by atoms with Gasteiger partial charge in [-0.3, -0.25) is 0 Å². The molecule has 0 unspecified atom stereocenters. The number of nitrogens with one attached hydrogen (secondary N) is 1. The minimum atomic E-state index is -4.48. The summed E-state index contributed by atoms with van der Waals surface area (Å²) < 4.78 is 38.5. The van der Waals surface area contributed by atoms with E-state index in [1.165, 1.54) is 42.8 Å². The first kappa shape index (κ1) is 17.1. The monoisotopic (exact) mass is 330 g/mol. The second kappa shape index (κ2) is 7.34. The highest BCUT2D eigenvalue weighted by Crippen LogP contribution is 2.32. The van der Waals surface area contributed by atoms with Crippen molar-refractivity contribution in [1.82, 2.24) is 4.98 Å². The average Bonchev–Trinajstić information content (AvgIpc) is 2.47. The lowest BCUT2D eigenvalue weighted by atomic mass is 10.1. The van der Waals surface area contributed by atoms with Crippen LogP contribution in [0.2, 0.25) is 0 Å². The predicted molar refractivity (Wildman–Crippen MR) is 78.8 cm³/mol. The Bertz CT molecular complexity index is 560. The molecule has 1 aromatic heterocycles. The Morgan fingerprint density at radius 2 is 2.00 bits per heavy atom. The lowest BCUT2D eigenvalue weighted by Gasteiger charge is -2.23. The zero-order chi connectivity index (χ0) is 16.2. The first-order valence-electron chi connectivity index (χ1n) is 7.37. The molecule has 1 aliphatic heterocycles. The van der Waals surface area contributed by atoms with E-state index in [2.05, 4.69) is 4.98 Å². The Morgan fingerprint density at radius 1 is 1.32 bits per heavy atom. The summed E-state index contributed by atoms with van der Waals surface area (Å²) in [5.41, 5.74) is -0.332. The van der Waals surface area contributed by atoms with Crippen LogP contribution in [-0.4, -0.2) is 30.4 Å². The smallest absolute Gasteiger partial charge is 0.334 e. The van der Waals surface area contributed by atoms with E-state index in [4.69, 9.17) is 5.26 Å². The van der Waals surface area contributed by atoms with Gasteiger partial charge in [-0.05, 0) is 37.8 Å². The van der Waals surface area contributed by atoms with E-state index in [0.29, 0.717) is 11.3 Å². The molecule has 0 radical (unpaired) electrons. The number of hydrogen-bond donors (Lipinski definition) is 1. The molecule has 2 heterocycles. The van der Waals surface area contributed by atoms with Crippen molar-refractivity contribution in [2.45, 2.75) is 37.4 Å². The summed E-state index contributed by atoms with van der Waals surface area (Å²) in [6.45, 7) is 4.67. The van der Waals surface area contributed by atoms with Crippen LogP contribution in [0.25, 0.3) is 0 Å². The molecule has 3 nitrogen and oxygen atoms in total. The number of piperidine rings is 1. The molecule has 0 bridgehead atoms. The molecule has 0 amide bonds. The summed E-state index contributed by atoms with van der Waals surface area (Å²) in [5.74, 6) is 0.678. The third kappa shape index (κ3) is 4.37. The van der Waals surface area contributed by atoms with Gasteiger partial charge in [0.2, 0.25) is 0 Å². The largest absolute Gasteiger partial charge is 0.433 e. The molecule has 1 aromatic rings. The highest BCUT2D eigenvalue weighted by atomic mass is 32.2. The molecule has 22 heavy (non-hydrogen) atoms. The summed E-state index contributed by atoms with van der Waals surface area (Å²) in [5, 5.41) is 9.35. The van der Waals surface area contributed by atoms with Crippen molar-refractivity contribution < 1.29 is 18.1 Å². The molecular formula is C15H19F3N3S+.